The zero-order valence-electron chi connectivity index (χ0n) is 34.9. The number of hydrogen-bond acceptors (Lipinski definition) is 14. The van der Waals surface area contributed by atoms with E-state index in [2.05, 4.69) is 60.7 Å². The zero-order chi connectivity index (χ0) is 41.1. The first-order chi connectivity index (χ1) is 28.8. The Labute approximate surface area is 347 Å². The van der Waals surface area contributed by atoms with Crippen LogP contribution in [0.25, 0.3) is 0 Å². The van der Waals surface area contributed by atoms with E-state index in [4.69, 9.17) is 67.1 Å². The van der Waals surface area contributed by atoms with Gasteiger partial charge in [0.1, 0.15) is 0 Å². The second kappa shape index (κ2) is 41.6. The molecule has 2 N–H and O–H groups in total. The fourth-order valence-electron chi connectivity index (χ4n) is 5.81. The van der Waals surface area contributed by atoms with Crippen LogP contribution in [0.4, 0.5) is 0 Å². The first-order valence-electron chi connectivity index (χ1n) is 21.1. The van der Waals surface area contributed by atoms with Crippen molar-refractivity contribution in [2.75, 3.05) is 172 Å². The van der Waals surface area contributed by atoms with Crippen LogP contribution in [0.5, 0.6) is 0 Å². The molecule has 0 saturated carbocycles. The molecule has 2 atom stereocenters. The van der Waals surface area contributed by atoms with Crippen molar-refractivity contribution in [1.82, 2.24) is 0 Å². The van der Waals surface area contributed by atoms with Crippen molar-refractivity contribution in [2.24, 2.45) is 11.8 Å². The van der Waals surface area contributed by atoms with E-state index in [1.165, 1.54) is 11.1 Å². The molecule has 334 valence electrons. The van der Waals surface area contributed by atoms with Crippen LogP contribution in [0, 0.1) is 11.8 Å². The van der Waals surface area contributed by atoms with Gasteiger partial charge in [0.25, 0.3) is 0 Å². The van der Waals surface area contributed by atoms with Crippen molar-refractivity contribution in [1.29, 1.82) is 0 Å². The van der Waals surface area contributed by atoms with E-state index >= 15 is 0 Å². The lowest BCUT2D eigenvalue weighted by atomic mass is 9.80. The van der Waals surface area contributed by atoms with Gasteiger partial charge in [0.2, 0.25) is 0 Å². The Morgan fingerprint density at radius 3 is 0.914 bits per heavy atom. The molecular weight excluding hydrogens is 752 g/mol. The van der Waals surface area contributed by atoms with Crippen LogP contribution in [0.3, 0.4) is 0 Å². The monoisotopic (exact) mass is 827 g/mol. The Hall–Kier alpha value is -2.12. The highest BCUT2D eigenvalue weighted by Gasteiger charge is 2.23. The van der Waals surface area contributed by atoms with Crippen LogP contribution in [0.2, 0.25) is 0 Å². The van der Waals surface area contributed by atoms with Crippen LogP contribution in [0.15, 0.2) is 60.7 Å². The van der Waals surface area contributed by atoms with E-state index in [1.807, 2.05) is 0 Å². The minimum absolute atomic E-state index is 0.0205. The maximum Gasteiger partial charge on any atom is 0.0701 e. The molecule has 0 saturated heterocycles. The van der Waals surface area contributed by atoms with Crippen LogP contribution in [-0.2, 0) is 69.7 Å². The van der Waals surface area contributed by atoms with Crippen LogP contribution in [-0.4, -0.2) is 182 Å². The van der Waals surface area contributed by atoms with Gasteiger partial charge in [-0.1, -0.05) is 60.7 Å². The Morgan fingerprint density at radius 2 is 0.586 bits per heavy atom. The van der Waals surface area contributed by atoms with Crippen LogP contribution < -0.4 is 0 Å². The number of aliphatic hydroxyl groups is 2. The second-order valence-electron chi connectivity index (χ2n) is 13.3. The average Bonchev–Trinajstić information content (AvgIpc) is 3.25. The molecule has 0 aromatic heterocycles. The Balaban J connectivity index is 1.59. The summed E-state index contributed by atoms with van der Waals surface area (Å²) in [5.74, 6) is 0.753. The summed E-state index contributed by atoms with van der Waals surface area (Å²) in [6.07, 6.45) is 3.91. The van der Waals surface area contributed by atoms with E-state index in [1.54, 1.807) is 0 Å². The summed E-state index contributed by atoms with van der Waals surface area (Å²) in [4.78, 5) is 0. The summed E-state index contributed by atoms with van der Waals surface area (Å²) in [5.41, 5.74) is 2.65. The number of benzene rings is 2. The molecule has 2 aromatic carbocycles. The largest absolute Gasteiger partial charge is 0.394 e. The van der Waals surface area contributed by atoms with E-state index < -0.39 is 0 Å². The van der Waals surface area contributed by atoms with E-state index in [0.717, 1.165) is 25.7 Å². The van der Waals surface area contributed by atoms with Crippen LogP contribution >= 0.6 is 0 Å². The molecule has 0 aliphatic heterocycles. The van der Waals surface area contributed by atoms with E-state index in [-0.39, 0.29) is 13.2 Å². The third-order valence-corrected chi connectivity index (χ3v) is 8.73. The van der Waals surface area contributed by atoms with Gasteiger partial charge in [-0.15, -0.1) is 0 Å². The number of hydrogen-bond donors (Lipinski definition) is 2. The average molecular weight is 827 g/mol. The molecule has 0 unspecified atom stereocenters. The molecule has 2 rings (SSSR count). The molecule has 0 aliphatic rings. The summed E-state index contributed by atoms with van der Waals surface area (Å²) < 4.78 is 66.9. The minimum Gasteiger partial charge on any atom is -0.394 e. The fourth-order valence-corrected chi connectivity index (χ4v) is 5.81. The lowest BCUT2D eigenvalue weighted by molar-refractivity contribution is -0.0214. The van der Waals surface area contributed by atoms with Gasteiger partial charge in [0.05, 0.1) is 165 Å². The highest BCUT2D eigenvalue weighted by atomic mass is 16.6. The van der Waals surface area contributed by atoms with Crippen molar-refractivity contribution in [3.05, 3.63) is 71.8 Å². The predicted molar refractivity (Wildman–Crippen MR) is 221 cm³/mol. The lowest BCUT2D eigenvalue weighted by Crippen LogP contribution is -2.26. The van der Waals surface area contributed by atoms with Crippen molar-refractivity contribution in [3.63, 3.8) is 0 Å². The minimum atomic E-state index is 0.0205. The van der Waals surface area contributed by atoms with Crippen molar-refractivity contribution in [2.45, 2.75) is 25.7 Å². The van der Waals surface area contributed by atoms with Gasteiger partial charge < -0.3 is 67.1 Å². The Kier molecular flexibility index (Phi) is 37.3. The normalized spacial score (nSPS) is 12.7. The first kappa shape index (κ1) is 52.0. The standard InChI is InChI=1S/C44H74O14/c45-13-16-48-19-22-51-25-28-54-31-30-53-27-24-50-21-18-47-15-7-12-43(38-41-8-3-1-4-9-41)44(39-42-10-5-2-6-11-42)40-58-37-36-57-35-34-56-33-32-55-29-26-52-23-20-49-17-14-46/h1-6,8-11,43-46H,7,12-40H2/t43-,44+/m0/s1. The quantitative estimate of drug-likeness (QED) is 0.0936. The molecule has 0 radical (unpaired) electrons. The molecule has 14 heteroatoms. The molecule has 0 fully saturated rings. The van der Waals surface area contributed by atoms with Gasteiger partial charge in [-0.05, 0) is 48.6 Å². The highest BCUT2D eigenvalue weighted by molar-refractivity contribution is 5.17. The summed E-state index contributed by atoms with van der Waals surface area (Å²) in [7, 11) is 0. The molecular formula is C44H74O14. The van der Waals surface area contributed by atoms with E-state index in [9.17, 15) is 0 Å². The molecule has 0 aliphatic carbocycles. The SMILES string of the molecule is OCCOCCOCCOCCOCCOCCOCCC[C@@H](Cc1ccccc1)[C@@H](COCCOCCOCCOCCOCCOCCO)Cc1ccccc1. The van der Waals surface area contributed by atoms with Crippen molar-refractivity contribution < 1.29 is 67.1 Å². The molecule has 58 heavy (non-hydrogen) atoms. The predicted octanol–water partition coefficient (Wildman–Crippen LogP) is 3.67. The van der Waals surface area contributed by atoms with E-state index in [0.29, 0.717) is 170 Å². The second-order valence-corrected chi connectivity index (χ2v) is 13.3. The number of rotatable bonds is 45. The van der Waals surface area contributed by atoms with Gasteiger partial charge in [0.15, 0.2) is 0 Å². The number of ether oxygens (including phenoxy) is 12. The van der Waals surface area contributed by atoms with Gasteiger partial charge in [0, 0.05) is 6.61 Å². The van der Waals surface area contributed by atoms with Gasteiger partial charge in [-0.25, -0.2) is 0 Å². The third kappa shape index (κ3) is 32.7. The highest BCUT2D eigenvalue weighted by Crippen LogP contribution is 2.27. The van der Waals surface area contributed by atoms with Gasteiger partial charge in [-0.2, -0.15) is 0 Å². The Morgan fingerprint density at radius 1 is 0.310 bits per heavy atom. The van der Waals surface area contributed by atoms with Crippen LogP contribution in [0.1, 0.15) is 24.0 Å². The smallest absolute Gasteiger partial charge is 0.0701 e. The summed E-state index contributed by atoms with van der Waals surface area (Å²) in [6, 6.07) is 21.4. The summed E-state index contributed by atoms with van der Waals surface area (Å²) >= 11 is 0. The summed E-state index contributed by atoms with van der Waals surface area (Å²) in [6.45, 7) is 12.1. The first-order valence-corrected chi connectivity index (χ1v) is 21.1. The lowest BCUT2D eigenvalue weighted by Gasteiger charge is -2.28. The maximum atomic E-state index is 8.67. The van der Waals surface area contributed by atoms with Crippen molar-refractivity contribution >= 4 is 0 Å². The van der Waals surface area contributed by atoms with Gasteiger partial charge in [-0.3, -0.25) is 0 Å². The molecule has 0 amide bonds. The topological polar surface area (TPSA) is 151 Å². The fraction of sp³-hybridized carbons (Fsp3) is 0.727. The third-order valence-electron chi connectivity index (χ3n) is 8.73. The molecule has 14 nitrogen and oxygen atoms in total. The molecule has 0 spiro atoms. The molecule has 0 heterocycles. The molecule has 2 aromatic rings. The molecule has 0 bridgehead atoms. The number of aliphatic hydroxyl groups excluding tert-OH is 2. The maximum absolute atomic E-state index is 8.67. The summed E-state index contributed by atoms with van der Waals surface area (Å²) in [5, 5.41) is 17.3. The zero-order valence-corrected chi connectivity index (χ0v) is 34.9. The Bertz CT molecular complexity index is 1090. The van der Waals surface area contributed by atoms with Crippen molar-refractivity contribution in [3.8, 4) is 0 Å². The van der Waals surface area contributed by atoms with Gasteiger partial charge >= 0.3 is 0 Å².